The van der Waals surface area contributed by atoms with Gasteiger partial charge < -0.3 is 10.4 Å². The van der Waals surface area contributed by atoms with Gasteiger partial charge in [0.25, 0.3) is 5.91 Å². The fraction of sp³-hybridized carbons (Fsp3) is 0.615. The van der Waals surface area contributed by atoms with Gasteiger partial charge in [-0.15, -0.1) is 0 Å². The van der Waals surface area contributed by atoms with Crippen LogP contribution in [0.15, 0.2) is 4.47 Å². The number of carboxylic acid groups (broad SMARTS) is 1. The smallest absolute Gasteiger partial charge is 0.326 e. The summed E-state index contributed by atoms with van der Waals surface area (Å²) in [6, 6.07) is -0.865. The number of H-pyrrole nitrogens is 1. The first-order chi connectivity index (χ1) is 9.54. The monoisotopic (exact) mass is 343 g/mol. The molecule has 0 aliphatic heterocycles. The van der Waals surface area contributed by atoms with E-state index in [0.29, 0.717) is 16.8 Å². The van der Waals surface area contributed by atoms with Gasteiger partial charge in [-0.05, 0) is 35.2 Å². The number of carbonyl (C=O) groups is 2. The number of carboxylic acids is 1. The second-order valence-corrected chi connectivity index (χ2v) is 5.87. The first-order valence-electron chi connectivity index (χ1n) is 6.82. The maximum absolute atomic E-state index is 12.1. The normalized spacial score (nSPS) is 15.9. The number of unbranched alkanes of at least 4 members (excludes halogenated alkanes) is 1. The van der Waals surface area contributed by atoms with Crippen LogP contribution in [0.3, 0.4) is 0 Å². The molecule has 1 aliphatic carbocycles. The largest absolute Gasteiger partial charge is 0.480 e. The molecule has 2 rings (SSSR count). The van der Waals surface area contributed by atoms with Crippen molar-refractivity contribution >= 4 is 27.8 Å². The number of aromatic amines is 1. The molecule has 0 saturated heterocycles. The third-order valence-corrected chi connectivity index (χ3v) is 4.19. The van der Waals surface area contributed by atoms with Crippen molar-refractivity contribution in [3.8, 4) is 0 Å². The number of carbonyl (C=O) groups excluding carboxylic acids is 1. The van der Waals surface area contributed by atoms with Crippen LogP contribution < -0.4 is 5.32 Å². The standard InChI is InChI=1S/C13H18BrN3O3/c1-2-3-4-8(13(19)20)15-12(18)11-9(14)10(16-17-11)7-5-6-7/h7-8H,2-6H2,1H3,(H,15,18)(H,16,17)(H,19,20). The molecule has 0 spiro atoms. The van der Waals surface area contributed by atoms with Gasteiger partial charge in [0.2, 0.25) is 0 Å². The van der Waals surface area contributed by atoms with Crippen LogP contribution in [0.4, 0.5) is 0 Å². The predicted octanol–water partition coefficient (Wildman–Crippen LogP) is 2.42. The Labute approximate surface area is 125 Å². The zero-order valence-electron chi connectivity index (χ0n) is 11.3. The second-order valence-electron chi connectivity index (χ2n) is 5.08. The van der Waals surface area contributed by atoms with Gasteiger partial charge in [-0.25, -0.2) is 4.79 Å². The van der Waals surface area contributed by atoms with E-state index in [1.807, 2.05) is 6.92 Å². The summed E-state index contributed by atoms with van der Waals surface area (Å²) in [7, 11) is 0. The molecule has 3 N–H and O–H groups in total. The molecule has 1 aromatic heterocycles. The summed E-state index contributed by atoms with van der Waals surface area (Å²) in [6.07, 6.45) is 4.26. The Balaban J connectivity index is 2.04. The van der Waals surface area contributed by atoms with Crippen LogP contribution in [0.1, 0.15) is 61.1 Å². The second kappa shape index (κ2) is 6.39. The van der Waals surface area contributed by atoms with E-state index in [4.69, 9.17) is 5.11 Å². The van der Waals surface area contributed by atoms with Crippen molar-refractivity contribution in [2.75, 3.05) is 0 Å². The van der Waals surface area contributed by atoms with Crippen molar-refractivity contribution in [1.29, 1.82) is 0 Å². The molecule has 1 aliphatic rings. The maximum Gasteiger partial charge on any atom is 0.326 e. The molecule has 1 fully saturated rings. The Morgan fingerprint density at radius 1 is 1.55 bits per heavy atom. The number of halogens is 1. The summed E-state index contributed by atoms with van der Waals surface area (Å²) in [6.45, 7) is 1.98. The summed E-state index contributed by atoms with van der Waals surface area (Å²) in [5.41, 5.74) is 1.16. The van der Waals surface area contributed by atoms with Gasteiger partial charge in [0.15, 0.2) is 5.69 Å². The molecule has 1 aromatic rings. The van der Waals surface area contributed by atoms with Crippen LogP contribution in [-0.4, -0.2) is 33.2 Å². The third kappa shape index (κ3) is 3.39. The highest BCUT2D eigenvalue weighted by molar-refractivity contribution is 9.10. The lowest BCUT2D eigenvalue weighted by molar-refractivity contribution is -0.139. The van der Waals surface area contributed by atoms with Crippen LogP contribution >= 0.6 is 15.9 Å². The first kappa shape index (κ1) is 15.0. The van der Waals surface area contributed by atoms with Crippen LogP contribution in [0.2, 0.25) is 0 Å². The van der Waals surface area contributed by atoms with Gasteiger partial charge in [0.1, 0.15) is 6.04 Å². The molecule has 20 heavy (non-hydrogen) atoms. The van der Waals surface area contributed by atoms with Crippen molar-refractivity contribution in [1.82, 2.24) is 15.5 Å². The van der Waals surface area contributed by atoms with Crippen molar-refractivity contribution < 1.29 is 14.7 Å². The van der Waals surface area contributed by atoms with Gasteiger partial charge >= 0.3 is 5.97 Å². The Kier molecular flexibility index (Phi) is 4.80. The molecule has 0 bridgehead atoms. The van der Waals surface area contributed by atoms with Crippen molar-refractivity contribution in [2.24, 2.45) is 0 Å². The minimum Gasteiger partial charge on any atom is -0.480 e. The summed E-state index contributed by atoms with van der Waals surface area (Å²) in [5.74, 6) is -1.03. The van der Waals surface area contributed by atoms with Crippen molar-refractivity contribution in [3.63, 3.8) is 0 Å². The summed E-state index contributed by atoms with van der Waals surface area (Å²) in [4.78, 5) is 23.2. The number of aromatic nitrogens is 2. The van der Waals surface area contributed by atoms with E-state index in [0.717, 1.165) is 31.4 Å². The predicted molar refractivity (Wildman–Crippen MR) is 76.7 cm³/mol. The summed E-state index contributed by atoms with van der Waals surface area (Å²) in [5, 5.41) is 18.5. The van der Waals surface area contributed by atoms with E-state index in [1.165, 1.54) is 0 Å². The van der Waals surface area contributed by atoms with Crippen LogP contribution in [0.5, 0.6) is 0 Å². The number of nitrogens with one attached hydrogen (secondary N) is 2. The quantitative estimate of drug-likeness (QED) is 0.708. The molecular formula is C13H18BrN3O3. The number of amides is 1. The summed E-state index contributed by atoms with van der Waals surface area (Å²) < 4.78 is 0.650. The highest BCUT2D eigenvalue weighted by Gasteiger charge is 2.31. The molecule has 6 nitrogen and oxygen atoms in total. The molecule has 1 saturated carbocycles. The fourth-order valence-corrected chi connectivity index (χ4v) is 2.71. The Morgan fingerprint density at radius 3 is 2.80 bits per heavy atom. The molecule has 7 heteroatoms. The topological polar surface area (TPSA) is 95.1 Å². The molecule has 0 radical (unpaired) electrons. The molecule has 1 atom stereocenters. The van der Waals surface area contributed by atoms with E-state index in [1.54, 1.807) is 0 Å². The molecule has 1 amide bonds. The first-order valence-corrected chi connectivity index (χ1v) is 7.61. The average molecular weight is 344 g/mol. The maximum atomic E-state index is 12.1. The number of rotatable bonds is 7. The number of hydrogen-bond acceptors (Lipinski definition) is 3. The highest BCUT2D eigenvalue weighted by atomic mass is 79.9. The van der Waals surface area contributed by atoms with Gasteiger partial charge in [-0.1, -0.05) is 19.8 Å². The lowest BCUT2D eigenvalue weighted by Gasteiger charge is -2.13. The Hall–Kier alpha value is -1.37. The van der Waals surface area contributed by atoms with E-state index in [-0.39, 0.29) is 5.69 Å². The average Bonchev–Trinajstić information content (AvgIpc) is 3.17. The van der Waals surface area contributed by atoms with E-state index in [9.17, 15) is 9.59 Å². The Morgan fingerprint density at radius 2 is 2.25 bits per heavy atom. The lowest BCUT2D eigenvalue weighted by atomic mass is 10.1. The molecular weight excluding hydrogens is 326 g/mol. The molecule has 0 aromatic carbocycles. The molecule has 1 heterocycles. The van der Waals surface area contributed by atoms with Gasteiger partial charge in [-0.3, -0.25) is 9.89 Å². The lowest BCUT2D eigenvalue weighted by Crippen LogP contribution is -2.41. The zero-order valence-corrected chi connectivity index (χ0v) is 12.9. The molecule has 110 valence electrons. The fourth-order valence-electron chi connectivity index (χ4n) is 2.03. The highest BCUT2D eigenvalue weighted by Crippen LogP contribution is 2.42. The van der Waals surface area contributed by atoms with Crippen LogP contribution in [0, 0.1) is 0 Å². The molecule has 1 unspecified atom stereocenters. The zero-order chi connectivity index (χ0) is 14.7. The van der Waals surface area contributed by atoms with Gasteiger partial charge in [0.05, 0.1) is 10.2 Å². The third-order valence-electron chi connectivity index (χ3n) is 3.38. The van der Waals surface area contributed by atoms with Gasteiger partial charge in [-0.2, -0.15) is 5.10 Å². The van der Waals surface area contributed by atoms with E-state index in [2.05, 4.69) is 31.4 Å². The van der Waals surface area contributed by atoms with Crippen molar-refractivity contribution in [2.45, 2.75) is 51.0 Å². The minimum atomic E-state index is -1.01. The summed E-state index contributed by atoms with van der Waals surface area (Å²) >= 11 is 3.37. The SMILES string of the molecule is CCCCC(NC(=O)c1n[nH]c(C2CC2)c1Br)C(=O)O. The number of nitrogens with zero attached hydrogens (tertiary/aromatic N) is 1. The van der Waals surface area contributed by atoms with E-state index >= 15 is 0 Å². The number of aliphatic carboxylic acids is 1. The van der Waals surface area contributed by atoms with E-state index < -0.39 is 17.9 Å². The Bertz CT molecular complexity index is 511. The van der Waals surface area contributed by atoms with Crippen molar-refractivity contribution in [3.05, 3.63) is 15.9 Å². The van der Waals surface area contributed by atoms with Crippen LogP contribution in [0.25, 0.3) is 0 Å². The van der Waals surface area contributed by atoms with Crippen LogP contribution in [-0.2, 0) is 4.79 Å². The van der Waals surface area contributed by atoms with Gasteiger partial charge in [0, 0.05) is 5.92 Å². The minimum absolute atomic E-state index is 0.231. The number of hydrogen-bond donors (Lipinski definition) is 3.